The predicted octanol–water partition coefficient (Wildman–Crippen LogP) is 9.14. The Bertz CT molecular complexity index is 4130. The number of aromatic nitrogens is 4. The number of thiazole rings is 1. The summed E-state index contributed by atoms with van der Waals surface area (Å²) in [6.07, 6.45) is 9.34. The molecule has 8 amide bonds. The van der Waals surface area contributed by atoms with Crippen LogP contribution in [0, 0.1) is 29.1 Å². The molecule has 0 saturated heterocycles. The zero-order valence-corrected chi connectivity index (χ0v) is 59.8. The van der Waals surface area contributed by atoms with Crippen molar-refractivity contribution in [2.45, 2.75) is 169 Å². The van der Waals surface area contributed by atoms with Crippen LogP contribution in [0.4, 0.5) is 26.2 Å². The number of carbonyl (C=O) groups is 8. The molecule has 4 fully saturated rings. The molecule has 10 N–H and O–H groups in total. The van der Waals surface area contributed by atoms with Crippen molar-refractivity contribution in [2.75, 3.05) is 60.6 Å². The summed E-state index contributed by atoms with van der Waals surface area (Å²) in [5, 5.41) is 32.8. The highest BCUT2D eigenvalue weighted by molar-refractivity contribution is 7.85. The number of carboxylic acid groups (broad SMARTS) is 1. The van der Waals surface area contributed by atoms with Crippen molar-refractivity contribution in [3.63, 3.8) is 0 Å². The number of amides is 8. The van der Waals surface area contributed by atoms with Crippen molar-refractivity contribution >= 4 is 95.9 Å². The van der Waals surface area contributed by atoms with E-state index >= 15 is 0 Å². The summed E-state index contributed by atoms with van der Waals surface area (Å²) in [4.78, 5) is 117. The number of fused-ring (bicyclic) bond motifs is 2. The third-order valence-electron chi connectivity index (χ3n) is 19.8. The fraction of sp³-hybridized carbons (Fsp3) is 0.514. The number of benzene rings is 3. The zero-order valence-electron chi connectivity index (χ0n) is 58.2. The largest absolute Gasteiger partial charge is 0.476 e. The van der Waals surface area contributed by atoms with Gasteiger partial charge >= 0.3 is 18.1 Å². The number of hydrogen-bond donors (Lipinski definition) is 9. The molecule has 29 heteroatoms. The van der Waals surface area contributed by atoms with Crippen LogP contribution in [-0.2, 0) is 64.9 Å². The number of hydrogen-bond acceptors (Lipinski definition) is 17. The molecule has 1 aliphatic heterocycles. The number of unbranched alkanes of at least 4 members (excludes halogenated alkanes) is 2. The third kappa shape index (κ3) is 19.1. The van der Waals surface area contributed by atoms with Crippen LogP contribution < -0.4 is 42.5 Å². The number of carboxylic acids is 1. The van der Waals surface area contributed by atoms with E-state index in [0.717, 1.165) is 59.1 Å². The minimum absolute atomic E-state index is 0.0353. The molecule has 4 saturated carbocycles. The number of nitrogens with zero attached hydrogens (tertiary/aromatic N) is 6. The summed E-state index contributed by atoms with van der Waals surface area (Å²) in [5.41, 5.74) is 9.90. The van der Waals surface area contributed by atoms with E-state index in [1.54, 1.807) is 63.4 Å². The van der Waals surface area contributed by atoms with E-state index in [0.29, 0.717) is 104 Å². The lowest BCUT2D eigenvalue weighted by molar-refractivity contribution is -0.248. The summed E-state index contributed by atoms with van der Waals surface area (Å²) < 4.78 is 49.7. The molecule has 3 aromatic carbocycles. The van der Waals surface area contributed by atoms with E-state index in [9.17, 15) is 56.4 Å². The number of carbonyl (C=O) groups excluding carboxylic acids is 7. The van der Waals surface area contributed by atoms with Crippen LogP contribution in [0.2, 0.25) is 0 Å². The number of nitrogens with one attached hydrogen (secondary N) is 6. The molecule has 4 aliphatic carbocycles. The Labute approximate surface area is 592 Å². The molecule has 0 radical (unpaired) electrons. The maximum absolute atomic E-state index is 13.9. The van der Waals surface area contributed by atoms with Crippen molar-refractivity contribution in [3.05, 3.63) is 119 Å². The molecule has 0 spiro atoms. The fourth-order valence-corrected chi connectivity index (χ4v) is 17.5. The zero-order chi connectivity index (χ0) is 72.4. The van der Waals surface area contributed by atoms with Gasteiger partial charge in [0.25, 0.3) is 16.0 Å². The first-order chi connectivity index (χ1) is 48.0. The monoisotopic (exact) mass is 1430 g/mol. The van der Waals surface area contributed by atoms with Gasteiger partial charge in [0.1, 0.15) is 24.5 Å². The highest BCUT2D eigenvalue weighted by Crippen LogP contribution is 2.72. The van der Waals surface area contributed by atoms with E-state index in [1.165, 1.54) is 16.2 Å². The summed E-state index contributed by atoms with van der Waals surface area (Å²) in [7, 11) is -4.50. The Morgan fingerprint density at radius 3 is 2.24 bits per heavy atom. The Hall–Kier alpha value is -9.06. The Morgan fingerprint density at radius 1 is 0.792 bits per heavy atom. The molecule has 6 aromatic rings. The maximum atomic E-state index is 13.9. The molecular formula is C72H93N13O14S2. The van der Waals surface area contributed by atoms with Gasteiger partial charge in [0, 0.05) is 86.7 Å². The highest BCUT2D eigenvalue weighted by Gasteiger charge is 2.66. The second-order valence-electron chi connectivity index (χ2n) is 28.8. The topological polar surface area (TPSA) is 378 Å². The van der Waals surface area contributed by atoms with Crippen LogP contribution in [-0.4, -0.2) is 153 Å². The summed E-state index contributed by atoms with van der Waals surface area (Å²) in [6.45, 7) is 13.3. The second kappa shape index (κ2) is 31.9. The van der Waals surface area contributed by atoms with Gasteiger partial charge in [-0.3, -0.25) is 38.5 Å². The smallest absolute Gasteiger partial charge is 0.410 e. The second-order valence-corrected chi connectivity index (χ2v) is 31.4. The first-order valence-electron chi connectivity index (χ1n) is 34.6. The minimum Gasteiger partial charge on any atom is -0.476 e. The molecule has 4 heterocycles. The maximum Gasteiger partial charge on any atom is 0.410 e. The summed E-state index contributed by atoms with van der Waals surface area (Å²) in [6, 6.07) is 20.5. The number of rotatable bonds is 33. The normalized spacial score (nSPS) is 20.3. The van der Waals surface area contributed by atoms with Crippen molar-refractivity contribution in [1.82, 2.24) is 45.9 Å². The van der Waals surface area contributed by atoms with Gasteiger partial charge in [0.15, 0.2) is 10.8 Å². The van der Waals surface area contributed by atoms with E-state index in [2.05, 4.69) is 50.7 Å². The molecule has 11 rings (SSSR count). The third-order valence-corrected chi connectivity index (χ3v) is 21.4. The van der Waals surface area contributed by atoms with Gasteiger partial charge in [0.2, 0.25) is 23.6 Å². The van der Waals surface area contributed by atoms with Crippen LogP contribution in [0.15, 0.2) is 85.1 Å². The lowest BCUT2D eigenvalue weighted by Crippen LogP contribution is -2.64. The summed E-state index contributed by atoms with van der Waals surface area (Å²) >= 11 is 1.40. The summed E-state index contributed by atoms with van der Waals surface area (Å²) in [5.74, 6) is -3.63. The Morgan fingerprint density at radius 2 is 1.53 bits per heavy atom. The molecule has 542 valence electrons. The number of pyridine rings is 1. The van der Waals surface area contributed by atoms with Crippen LogP contribution in [0.3, 0.4) is 0 Å². The van der Waals surface area contributed by atoms with Crippen molar-refractivity contribution in [2.24, 2.45) is 27.9 Å². The van der Waals surface area contributed by atoms with Crippen LogP contribution in [0.1, 0.15) is 161 Å². The fourth-order valence-electron chi connectivity index (χ4n) is 16.2. The number of primary amides is 1. The predicted molar refractivity (Wildman–Crippen MR) is 381 cm³/mol. The number of aromatic carboxylic acids is 1. The first-order valence-corrected chi connectivity index (χ1v) is 37.0. The molecule has 101 heavy (non-hydrogen) atoms. The standard InChI is InChI=1S/C72H93N13O14S2/c1-7-58(86)74-28-12-8-9-20-59(87)81-60(45(2)3)64(90)78-55(18-14-29-75-66(73)93)63(89)77-49-23-21-47(22-24-49)37-98-68(94)83(32-34-101(95,96)97)31-33-99-72-41-69(5)38-70(6,42-72)40-71(39-69,43-72)44-85-46(4)52(35-76-85)50-25-26-57(80-61(50)65(91)92)84-30-27-48-15-13-16-51(53(48)36-84)62(88)82-67-79-54-17-10-11-19-56(54)100-67/h10-11,13,15-17,19,21-26,35,45,55,60H,7-9,12,14,18,20,27-34,36-44H2,1-6H3,(H,74,86)(H,77,89)(H,78,90)(H,81,87)(H,91,92)(H3,73,75,93)(H,79,82,88)(H,95,96,97)/t55-,60?,69?,70?,71?,72?/m0/s1. The number of ether oxygens (including phenoxy) is 2. The Kier molecular flexibility index (Phi) is 23.5. The van der Waals surface area contributed by atoms with Crippen molar-refractivity contribution in [1.29, 1.82) is 0 Å². The van der Waals surface area contributed by atoms with Crippen LogP contribution >= 0.6 is 11.3 Å². The van der Waals surface area contributed by atoms with E-state index in [1.807, 2.05) is 59.0 Å². The quantitative estimate of drug-likeness (QED) is 0.0137. The van der Waals surface area contributed by atoms with Gasteiger partial charge in [0.05, 0.1) is 34.4 Å². The van der Waals surface area contributed by atoms with E-state index in [-0.39, 0.29) is 97.7 Å². The van der Waals surface area contributed by atoms with Crippen molar-refractivity contribution in [3.8, 4) is 11.1 Å². The first kappa shape index (κ1) is 74.6. The molecule has 5 aliphatic rings. The molecule has 4 atom stereocenters. The number of para-hydroxylation sites is 1. The number of nitrogens with two attached hydrogens (primary N) is 1. The van der Waals surface area contributed by atoms with Gasteiger partial charge in [-0.25, -0.2) is 24.4 Å². The number of urea groups is 1. The van der Waals surface area contributed by atoms with Crippen molar-refractivity contribution < 1.29 is 65.9 Å². The van der Waals surface area contributed by atoms with Gasteiger partial charge in [-0.2, -0.15) is 13.5 Å². The van der Waals surface area contributed by atoms with Gasteiger partial charge in [-0.15, -0.1) is 0 Å². The molecule has 27 nitrogen and oxygen atoms in total. The molecule has 3 aromatic heterocycles. The molecule has 3 unspecified atom stereocenters. The average molecular weight is 1430 g/mol. The minimum atomic E-state index is -4.50. The van der Waals surface area contributed by atoms with Gasteiger partial charge in [-0.1, -0.05) is 88.8 Å². The lowest BCUT2D eigenvalue weighted by Gasteiger charge is -2.69. The van der Waals surface area contributed by atoms with E-state index < -0.39 is 63.5 Å². The van der Waals surface area contributed by atoms with Gasteiger partial charge < -0.3 is 56.7 Å². The lowest BCUT2D eigenvalue weighted by atomic mass is 9.39. The average Bonchev–Trinajstić information content (AvgIpc) is 0.890. The van der Waals surface area contributed by atoms with Crippen LogP contribution in [0.25, 0.3) is 21.3 Å². The number of anilines is 3. The molecule has 4 bridgehead atoms. The highest BCUT2D eigenvalue weighted by atomic mass is 32.2. The Balaban J connectivity index is 0.753. The van der Waals surface area contributed by atoms with E-state index in [4.69, 9.17) is 25.3 Å². The SMILES string of the molecule is CCC(=O)NCCCCCC(=O)NC(C(=O)N[C@@H](CCCNC(N)=O)C(=O)Nc1ccc(COC(=O)N(CCOC23CC4(C)CC(C)(CC(Cn5ncc(-c6ccc(N7CCc8cccc(C(=O)Nc9nc%10ccccc%10s9)c8C7)nc6C(=O)O)c5C)(C4)C2)C3)CCS(=O)(=O)O)cc1)C(C)C. The van der Waals surface area contributed by atoms with Crippen LogP contribution in [0.5, 0.6) is 0 Å². The molecular weight excluding hydrogens is 1340 g/mol. The van der Waals surface area contributed by atoms with Gasteiger partial charge in [-0.05, 0) is 159 Å².